The lowest BCUT2D eigenvalue weighted by atomic mass is 9.67. The van der Waals surface area contributed by atoms with Gasteiger partial charge in [-0.3, -0.25) is 0 Å². The molecule has 3 aliphatic heterocycles. The van der Waals surface area contributed by atoms with Crippen LogP contribution in [-0.2, 0) is 4.84 Å². The highest BCUT2D eigenvalue weighted by Gasteiger charge is 2.45. The van der Waals surface area contributed by atoms with Gasteiger partial charge in [-0.2, -0.15) is 4.39 Å². The summed E-state index contributed by atoms with van der Waals surface area (Å²) in [6.07, 6.45) is -0.583. The van der Waals surface area contributed by atoms with E-state index in [0.717, 1.165) is 38.2 Å². The fourth-order valence-electron chi connectivity index (χ4n) is 4.24. The smallest absolute Gasteiger partial charge is 0.292 e. The quantitative estimate of drug-likeness (QED) is 0.362. The average molecular weight is 346 g/mol. The van der Waals surface area contributed by atoms with Crippen LogP contribution in [0.4, 0.5) is 22.0 Å². The SMILES string of the molecule is Fc1cc(C(F)ON=C2C3CC4CC2CN(C4)C3)c(F)c(F)c1F. The normalized spacial score (nSPS) is 32.1. The molecule has 0 aromatic heterocycles. The standard InChI is InChI=1S/C16H15F5N2O/c17-11-3-10(12(18)14(20)13(11)19)16(21)24-22-15-8-1-7-2-9(15)6-23(4-7)5-8/h3,7-9,16H,1-2,4-6H2. The Labute approximate surface area is 135 Å². The van der Waals surface area contributed by atoms with Gasteiger partial charge in [-0.25, -0.2) is 17.6 Å². The van der Waals surface area contributed by atoms with Crippen molar-refractivity contribution in [2.75, 3.05) is 19.6 Å². The summed E-state index contributed by atoms with van der Waals surface area (Å²) in [5.41, 5.74) is -0.309. The molecule has 0 radical (unpaired) electrons. The van der Waals surface area contributed by atoms with Gasteiger partial charge < -0.3 is 9.74 Å². The molecule has 0 amide bonds. The van der Waals surface area contributed by atoms with Gasteiger partial charge in [0.25, 0.3) is 6.36 Å². The Morgan fingerprint density at radius 3 is 2.29 bits per heavy atom. The van der Waals surface area contributed by atoms with Gasteiger partial charge in [0.2, 0.25) is 0 Å². The number of hydrogen-bond acceptors (Lipinski definition) is 3. The van der Waals surface area contributed by atoms with Gasteiger partial charge in [-0.05, 0) is 24.8 Å². The van der Waals surface area contributed by atoms with E-state index in [-0.39, 0.29) is 17.9 Å². The predicted molar refractivity (Wildman–Crippen MR) is 74.8 cm³/mol. The molecule has 1 saturated carbocycles. The Kier molecular flexibility index (Phi) is 3.74. The molecule has 0 N–H and O–H groups in total. The van der Waals surface area contributed by atoms with E-state index in [2.05, 4.69) is 10.1 Å². The third kappa shape index (κ3) is 2.47. The van der Waals surface area contributed by atoms with Crippen molar-refractivity contribution < 1.29 is 26.8 Å². The molecule has 5 rings (SSSR count). The van der Waals surface area contributed by atoms with E-state index in [1.807, 2.05) is 0 Å². The molecular formula is C16H15F5N2O. The zero-order chi connectivity index (χ0) is 17.0. The molecule has 4 aliphatic rings. The van der Waals surface area contributed by atoms with Gasteiger partial charge in [0.15, 0.2) is 23.3 Å². The highest BCUT2D eigenvalue weighted by Crippen LogP contribution is 2.42. The molecule has 24 heavy (non-hydrogen) atoms. The van der Waals surface area contributed by atoms with E-state index in [0.29, 0.717) is 5.92 Å². The topological polar surface area (TPSA) is 24.8 Å². The van der Waals surface area contributed by atoms with Crippen LogP contribution >= 0.6 is 0 Å². The number of nitrogens with zero attached hydrogens (tertiary/aromatic N) is 2. The van der Waals surface area contributed by atoms with Crippen molar-refractivity contribution in [3.05, 3.63) is 34.9 Å². The van der Waals surface area contributed by atoms with Crippen LogP contribution in [0.1, 0.15) is 24.8 Å². The van der Waals surface area contributed by atoms with Crippen LogP contribution in [-0.4, -0.2) is 30.2 Å². The molecule has 3 nitrogen and oxygen atoms in total. The first-order valence-electron chi connectivity index (χ1n) is 7.87. The van der Waals surface area contributed by atoms with E-state index in [4.69, 9.17) is 4.84 Å². The summed E-state index contributed by atoms with van der Waals surface area (Å²) < 4.78 is 66.9. The van der Waals surface area contributed by atoms with E-state index in [1.165, 1.54) is 0 Å². The molecule has 3 unspecified atom stereocenters. The van der Waals surface area contributed by atoms with Crippen molar-refractivity contribution in [1.82, 2.24) is 4.90 Å². The van der Waals surface area contributed by atoms with E-state index < -0.39 is 35.2 Å². The Hall–Kier alpha value is -1.70. The molecule has 1 aromatic carbocycles. The Balaban J connectivity index is 1.54. The Bertz CT molecular complexity index is 678. The summed E-state index contributed by atoms with van der Waals surface area (Å²) in [6.45, 7) is 2.74. The van der Waals surface area contributed by atoms with Crippen molar-refractivity contribution in [3.8, 4) is 0 Å². The summed E-state index contributed by atoms with van der Waals surface area (Å²) in [4.78, 5) is 7.03. The molecule has 3 saturated heterocycles. The van der Waals surface area contributed by atoms with Gasteiger partial charge in [-0.15, -0.1) is 0 Å². The maximum absolute atomic E-state index is 14.1. The fourth-order valence-corrected chi connectivity index (χ4v) is 4.24. The maximum Gasteiger partial charge on any atom is 0.292 e. The average Bonchev–Trinajstić information content (AvgIpc) is 2.54. The molecule has 1 aromatic rings. The summed E-state index contributed by atoms with van der Waals surface area (Å²) in [6, 6.07) is 0.251. The van der Waals surface area contributed by atoms with Crippen LogP contribution in [0, 0.1) is 41.0 Å². The largest absolute Gasteiger partial charge is 0.353 e. The molecular weight excluding hydrogens is 331 g/mol. The summed E-state index contributed by atoms with van der Waals surface area (Å²) in [7, 11) is 0. The van der Waals surface area contributed by atoms with Gasteiger partial charge in [0.05, 0.1) is 11.3 Å². The van der Waals surface area contributed by atoms with Gasteiger partial charge in [0.1, 0.15) is 0 Å². The summed E-state index contributed by atoms with van der Waals surface area (Å²) in [5.74, 6) is -6.57. The van der Waals surface area contributed by atoms with Crippen LogP contribution in [0.2, 0.25) is 0 Å². The van der Waals surface area contributed by atoms with Gasteiger partial charge in [0, 0.05) is 31.5 Å². The van der Waals surface area contributed by atoms with Gasteiger partial charge in [-0.1, -0.05) is 5.16 Å². The number of alkyl halides is 1. The van der Waals surface area contributed by atoms with Crippen molar-refractivity contribution in [2.24, 2.45) is 22.9 Å². The van der Waals surface area contributed by atoms with Crippen LogP contribution in [0.3, 0.4) is 0 Å². The lowest BCUT2D eigenvalue weighted by Gasteiger charge is -2.51. The molecule has 4 fully saturated rings. The van der Waals surface area contributed by atoms with Crippen LogP contribution in [0.15, 0.2) is 11.2 Å². The molecule has 1 aliphatic carbocycles. The zero-order valence-corrected chi connectivity index (χ0v) is 12.6. The maximum atomic E-state index is 14.1. The monoisotopic (exact) mass is 346 g/mol. The minimum Gasteiger partial charge on any atom is -0.353 e. The number of benzene rings is 1. The number of rotatable bonds is 3. The highest BCUT2D eigenvalue weighted by atomic mass is 19.2. The second kappa shape index (κ2) is 5.68. The first kappa shape index (κ1) is 15.8. The number of oxime groups is 1. The minimum absolute atomic E-state index is 0.176. The molecule has 130 valence electrons. The second-order valence-electron chi connectivity index (χ2n) is 6.78. The second-order valence-corrected chi connectivity index (χ2v) is 6.78. The highest BCUT2D eigenvalue weighted by molar-refractivity contribution is 5.90. The van der Waals surface area contributed by atoms with Crippen LogP contribution < -0.4 is 0 Å². The third-order valence-corrected chi connectivity index (χ3v) is 5.17. The predicted octanol–water partition coefficient (Wildman–Crippen LogP) is 3.56. The van der Waals surface area contributed by atoms with Crippen molar-refractivity contribution in [3.63, 3.8) is 0 Å². The number of halogens is 5. The Morgan fingerprint density at radius 1 is 1.00 bits per heavy atom. The summed E-state index contributed by atoms with van der Waals surface area (Å²) >= 11 is 0. The molecule has 4 bridgehead atoms. The van der Waals surface area contributed by atoms with Crippen molar-refractivity contribution >= 4 is 5.71 Å². The first-order chi connectivity index (χ1) is 11.4. The first-order valence-corrected chi connectivity index (χ1v) is 7.87. The summed E-state index contributed by atoms with van der Waals surface area (Å²) in [5, 5.41) is 3.83. The van der Waals surface area contributed by atoms with Crippen LogP contribution in [0.25, 0.3) is 0 Å². The van der Waals surface area contributed by atoms with E-state index >= 15 is 0 Å². The molecule has 0 spiro atoms. The van der Waals surface area contributed by atoms with E-state index in [9.17, 15) is 22.0 Å². The zero-order valence-electron chi connectivity index (χ0n) is 12.6. The molecule has 3 heterocycles. The van der Waals surface area contributed by atoms with Crippen LogP contribution in [0.5, 0.6) is 0 Å². The Morgan fingerprint density at radius 2 is 1.67 bits per heavy atom. The molecule has 8 heteroatoms. The lowest BCUT2D eigenvalue weighted by Crippen LogP contribution is -2.58. The third-order valence-electron chi connectivity index (χ3n) is 5.17. The van der Waals surface area contributed by atoms with Gasteiger partial charge >= 0.3 is 0 Å². The fraction of sp³-hybridized carbons (Fsp3) is 0.562. The number of hydrogen-bond donors (Lipinski definition) is 0. The minimum atomic E-state index is -2.50. The van der Waals surface area contributed by atoms with Crippen molar-refractivity contribution in [1.29, 1.82) is 0 Å². The lowest BCUT2D eigenvalue weighted by molar-refractivity contribution is -0.0466. The van der Waals surface area contributed by atoms with Crippen molar-refractivity contribution in [2.45, 2.75) is 19.2 Å². The number of piperidine rings is 3. The van der Waals surface area contributed by atoms with E-state index in [1.54, 1.807) is 0 Å². The molecule has 3 atom stereocenters.